The Morgan fingerprint density at radius 2 is 2.19 bits per heavy atom. The van der Waals surface area contributed by atoms with Crippen molar-refractivity contribution in [2.75, 3.05) is 6.54 Å². The van der Waals surface area contributed by atoms with Gasteiger partial charge in [-0.15, -0.1) is 6.58 Å². The van der Waals surface area contributed by atoms with Crippen LogP contribution < -0.4 is 5.32 Å². The van der Waals surface area contributed by atoms with Crippen molar-refractivity contribution in [2.24, 2.45) is 0 Å². The summed E-state index contributed by atoms with van der Waals surface area (Å²) in [6, 6.07) is 10.8. The molecular weight excluding hydrogens is 258 g/mol. The van der Waals surface area contributed by atoms with Gasteiger partial charge in [-0.1, -0.05) is 24.3 Å². The molecule has 0 amide bonds. The minimum absolute atomic E-state index is 0.380. The molecule has 0 spiro atoms. The molecule has 2 N–H and O–H groups in total. The molecule has 1 unspecified atom stereocenters. The van der Waals surface area contributed by atoms with E-state index in [1.807, 2.05) is 18.2 Å². The molecule has 2 nitrogen and oxygen atoms in total. The molecule has 0 radical (unpaired) electrons. The number of phenolic OH excluding ortho intramolecular Hbond substituents is 1. The number of phenols is 1. The van der Waals surface area contributed by atoms with Crippen molar-refractivity contribution < 1.29 is 5.11 Å². The van der Waals surface area contributed by atoms with Crippen molar-refractivity contribution >= 4 is 0 Å². The Bertz CT molecular complexity index is 733. The minimum atomic E-state index is 0.380. The van der Waals surface area contributed by atoms with Crippen LogP contribution in [0.1, 0.15) is 28.3 Å². The standard InChI is InChI=1S/C19H19NO/c1-2-4-12-5-3-6-13-10-17-19-14(7-8-20-17)9-15(21)11-16(19)18(12)13/h2-3,5-6,9,11,17,20-21H,1,4,7-8,10H2. The number of benzene rings is 2. The maximum absolute atomic E-state index is 10.1. The minimum Gasteiger partial charge on any atom is -0.508 e. The van der Waals surface area contributed by atoms with Crippen molar-refractivity contribution in [1.82, 2.24) is 5.32 Å². The van der Waals surface area contributed by atoms with Crippen molar-refractivity contribution in [1.29, 1.82) is 0 Å². The first-order valence-corrected chi connectivity index (χ1v) is 7.59. The molecule has 1 aliphatic carbocycles. The average Bonchev–Trinajstić information content (AvgIpc) is 2.47. The second kappa shape index (κ2) is 4.74. The largest absolute Gasteiger partial charge is 0.508 e. The van der Waals surface area contributed by atoms with E-state index in [2.05, 4.69) is 30.1 Å². The van der Waals surface area contributed by atoms with Crippen LogP contribution >= 0.6 is 0 Å². The van der Waals surface area contributed by atoms with E-state index in [0.717, 1.165) is 25.8 Å². The Labute approximate surface area is 125 Å². The average molecular weight is 277 g/mol. The number of nitrogens with one attached hydrogen (secondary N) is 1. The van der Waals surface area contributed by atoms with E-state index < -0.39 is 0 Å². The first-order chi connectivity index (χ1) is 10.3. The van der Waals surface area contributed by atoms with Crippen LogP contribution in [0.4, 0.5) is 0 Å². The topological polar surface area (TPSA) is 32.3 Å². The summed E-state index contributed by atoms with van der Waals surface area (Å²) < 4.78 is 0. The summed E-state index contributed by atoms with van der Waals surface area (Å²) in [5.41, 5.74) is 7.89. The van der Waals surface area contributed by atoms with Gasteiger partial charge in [0.2, 0.25) is 0 Å². The lowest BCUT2D eigenvalue weighted by Crippen LogP contribution is -2.33. The van der Waals surface area contributed by atoms with Crippen LogP contribution in [0.2, 0.25) is 0 Å². The third kappa shape index (κ3) is 1.90. The first kappa shape index (κ1) is 12.7. The lowest BCUT2D eigenvalue weighted by atomic mass is 9.76. The molecule has 2 aromatic carbocycles. The van der Waals surface area contributed by atoms with Crippen molar-refractivity contribution in [3.8, 4) is 16.9 Å². The van der Waals surface area contributed by atoms with E-state index in [4.69, 9.17) is 0 Å². The number of rotatable bonds is 2. The monoisotopic (exact) mass is 277 g/mol. The van der Waals surface area contributed by atoms with Gasteiger partial charge in [0.25, 0.3) is 0 Å². The molecule has 2 aliphatic rings. The number of fused-ring (bicyclic) bond motifs is 2. The van der Waals surface area contributed by atoms with Crippen LogP contribution in [0.5, 0.6) is 5.75 Å². The number of allylic oxidation sites excluding steroid dienone is 1. The van der Waals surface area contributed by atoms with Crippen LogP contribution in [-0.4, -0.2) is 11.7 Å². The fraction of sp³-hybridized carbons (Fsp3) is 0.263. The highest BCUT2D eigenvalue weighted by atomic mass is 16.3. The van der Waals surface area contributed by atoms with Gasteiger partial charge in [-0.2, -0.15) is 0 Å². The van der Waals surface area contributed by atoms with Gasteiger partial charge >= 0.3 is 0 Å². The Kier molecular flexibility index (Phi) is 2.86. The third-order valence-electron chi connectivity index (χ3n) is 4.68. The fourth-order valence-corrected chi connectivity index (χ4v) is 3.89. The van der Waals surface area contributed by atoms with Gasteiger partial charge in [0.15, 0.2) is 0 Å². The zero-order valence-electron chi connectivity index (χ0n) is 12.0. The molecule has 1 aliphatic heterocycles. The molecule has 2 aromatic rings. The molecule has 0 saturated carbocycles. The van der Waals surface area contributed by atoms with Crippen LogP contribution in [-0.2, 0) is 19.3 Å². The molecular formula is C19H19NO. The molecule has 4 rings (SSSR count). The van der Waals surface area contributed by atoms with E-state index in [-0.39, 0.29) is 0 Å². The normalized spacial score (nSPS) is 18.8. The number of aromatic hydroxyl groups is 1. The number of hydrogen-bond acceptors (Lipinski definition) is 2. The van der Waals surface area contributed by atoms with E-state index in [1.54, 1.807) is 0 Å². The van der Waals surface area contributed by atoms with Gasteiger partial charge in [0, 0.05) is 6.04 Å². The van der Waals surface area contributed by atoms with E-state index >= 15 is 0 Å². The van der Waals surface area contributed by atoms with Crippen LogP contribution in [0.3, 0.4) is 0 Å². The molecule has 1 atom stereocenters. The quantitative estimate of drug-likeness (QED) is 0.823. The zero-order valence-corrected chi connectivity index (χ0v) is 12.0. The summed E-state index contributed by atoms with van der Waals surface area (Å²) in [5.74, 6) is 0.380. The summed E-state index contributed by atoms with van der Waals surface area (Å²) in [7, 11) is 0. The summed E-state index contributed by atoms with van der Waals surface area (Å²) >= 11 is 0. The Morgan fingerprint density at radius 1 is 1.29 bits per heavy atom. The van der Waals surface area contributed by atoms with Crippen LogP contribution in [0.25, 0.3) is 11.1 Å². The summed E-state index contributed by atoms with van der Waals surface area (Å²) in [4.78, 5) is 0. The summed E-state index contributed by atoms with van der Waals surface area (Å²) in [6.07, 6.45) is 4.85. The Morgan fingerprint density at radius 3 is 3.05 bits per heavy atom. The molecule has 0 bridgehead atoms. The molecule has 0 fully saturated rings. The van der Waals surface area contributed by atoms with Gasteiger partial charge < -0.3 is 10.4 Å². The Hall–Kier alpha value is -2.06. The molecule has 2 heteroatoms. The van der Waals surface area contributed by atoms with Crippen molar-refractivity contribution in [2.45, 2.75) is 25.3 Å². The number of hydrogen-bond donors (Lipinski definition) is 2. The highest BCUT2D eigenvalue weighted by Gasteiger charge is 2.30. The van der Waals surface area contributed by atoms with E-state index in [9.17, 15) is 5.11 Å². The highest BCUT2D eigenvalue weighted by Crippen LogP contribution is 2.45. The van der Waals surface area contributed by atoms with Crippen molar-refractivity contribution in [3.63, 3.8) is 0 Å². The lowest BCUT2D eigenvalue weighted by Gasteiger charge is -2.35. The predicted molar refractivity (Wildman–Crippen MR) is 85.6 cm³/mol. The van der Waals surface area contributed by atoms with Gasteiger partial charge in [-0.25, -0.2) is 0 Å². The van der Waals surface area contributed by atoms with Gasteiger partial charge in [0.1, 0.15) is 5.75 Å². The van der Waals surface area contributed by atoms with E-state index in [1.165, 1.54) is 33.4 Å². The van der Waals surface area contributed by atoms with Crippen LogP contribution in [0.15, 0.2) is 43.0 Å². The third-order valence-corrected chi connectivity index (χ3v) is 4.68. The second-order valence-corrected chi connectivity index (χ2v) is 5.97. The molecule has 106 valence electrons. The Balaban J connectivity index is 2.03. The first-order valence-electron chi connectivity index (χ1n) is 7.59. The fourth-order valence-electron chi connectivity index (χ4n) is 3.89. The molecule has 21 heavy (non-hydrogen) atoms. The second-order valence-electron chi connectivity index (χ2n) is 5.97. The SMILES string of the molecule is C=CCc1cccc2c1-c1cc(O)cc3c1C(C2)NCC3. The summed E-state index contributed by atoms with van der Waals surface area (Å²) in [5, 5.41) is 13.7. The molecule has 0 aromatic heterocycles. The highest BCUT2D eigenvalue weighted by molar-refractivity contribution is 5.79. The zero-order chi connectivity index (χ0) is 14.4. The maximum atomic E-state index is 10.1. The van der Waals surface area contributed by atoms with Gasteiger partial charge in [-0.3, -0.25) is 0 Å². The predicted octanol–water partition coefficient (Wildman–Crippen LogP) is 3.53. The van der Waals surface area contributed by atoms with Gasteiger partial charge in [0.05, 0.1) is 0 Å². The van der Waals surface area contributed by atoms with E-state index in [0.29, 0.717) is 11.8 Å². The summed E-state index contributed by atoms with van der Waals surface area (Å²) in [6.45, 7) is 4.86. The molecule has 1 heterocycles. The maximum Gasteiger partial charge on any atom is 0.116 e. The lowest BCUT2D eigenvalue weighted by molar-refractivity contribution is 0.465. The smallest absolute Gasteiger partial charge is 0.116 e. The molecule has 0 saturated heterocycles. The van der Waals surface area contributed by atoms with Crippen molar-refractivity contribution in [3.05, 3.63) is 65.2 Å². The van der Waals surface area contributed by atoms with Gasteiger partial charge in [-0.05, 0) is 71.3 Å². The van der Waals surface area contributed by atoms with Crippen LogP contribution in [0, 0.1) is 0 Å².